The van der Waals surface area contributed by atoms with E-state index >= 15 is 0 Å². The molecule has 0 unspecified atom stereocenters. The van der Waals surface area contributed by atoms with Crippen LogP contribution >= 0.6 is 0 Å². The molecule has 4 rings (SSSR count). The van der Waals surface area contributed by atoms with Crippen molar-refractivity contribution in [1.29, 1.82) is 0 Å². The van der Waals surface area contributed by atoms with Crippen LogP contribution in [0.25, 0.3) is 0 Å². The summed E-state index contributed by atoms with van der Waals surface area (Å²) in [5.74, 6) is 0.326. The highest BCUT2D eigenvalue weighted by molar-refractivity contribution is 5.83. The molecule has 166 valence electrons. The zero-order valence-corrected chi connectivity index (χ0v) is 18.4. The number of halogens is 1. The van der Waals surface area contributed by atoms with Crippen LogP contribution in [0.2, 0.25) is 0 Å². The molecule has 1 atom stereocenters. The number of hydrogen-bond donors (Lipinski definition) is 1. The molecule has 2 aromatic carbocycles. The van der Waals surface area contributed by atoms with Gasteiger partial charge in [-0.1, -0.05) is 36.4 Å². The Balaban J connectivity index is 1.48. The number of ether oxygens (including phenoxy) is 1. The molecule has 2 fully saturated rings. The standard InChI is InChI=1S/C26H33FN2O2/c1-29-12-4-8-23(19-29)22-7-2-5-20(15-22)17-26(10-13-31-14-11-26)25(30)28-18-21-6-3-9-24(27)16-21/h2-3,5-7,9,15-16,23H,4,8,10-14,17-19H2,1H3,(H,28,30)/t23-/m1/s1. The van der Waals surface area contributed by atoms with Gasteiger partial charge in [0.15, 0.2) is 0 Å². The van der Waals surface area contributed by atoms with Crippen LogP contribution in [0.5, 0.6) is 0 Å². The van der Waals surface area contributed by atoms with E-state index < -0.39 is 5.41 Å². The highest BCUT2D eigenvalue weighted by atomic mass is 19.1. The second-order valence-electron chi connectivity index (χ2n) is 9.23. The fourth-order valence-corrected chi connectivity index (χ4v) is 5.05. The normalized spacial score (nSPS) is 21.5. The van der Waals surface area contributed by atoms with Crippen LogP contribution in [0.3, 0.4) is 0 Å². The van der Waals surface area contributed by atoms with E-state index in [9.17, 15) is 9.18 Å². The van der Waals surface area contributed by atoms with Crippen LogP contribution in [0.1, 0.15) is 48.3 Å². The first-order chi connectivity index (χ1) is 15.0. The van der Waals surface area contributed by atoms with Gasteiger partial charge in [0.1, 0.15) is 5.82 Å². The second kappa shape index (κ2) is 9.92. The Hall–Kier alpha value is -2.24. The third-order valence-electron chi connectivity index (χ3n) is 6.86. The molecular weight excluding hydrogens is 391 g/mol. The average Bonchev–Trinajstić information content (AvgIpc) is 2.78. The van der Waals surface area contributed by atoms with E-state index in [4.69, 9.17) is 4.74 Å². The minimum atomic E-state index is -0.479. The SMILES string of the molecule is CN1CCC[C@@H](c2cccc(CC3(C(=O)NCc4cccc(F)c4)CCOCC3)c2)C1. The molecule has 0 aliphatic carbocycles. The Labute approximate surface area is 184 Å². The summed E-state index contributed by atoms with van der Waals surface area (Å²) in [4.78, 5) is 15.7. The number of nitrogens with zero attached hydrogens (tertiary/aromatic N) is 1. The number of piperidine rings is 1. The van der Waals surface area contributed by atoms with Gasteiger partial charge in [-0.2, -0.15) is 0 Å². The number of likely N-dealkylation sites (N-methyl/N-ethyl adjacent to an activating group) is 1. The van der Waals surface area contributed by atoms with Crippen molar-refractivity contribution >= 4 is 5.91 Å². The second-order valence-corrected chi connectivity index (χ2v) is 9.23. The molecule has 5 heteroatoms. The monoisotopic (exact) mass is 424 g/mol. The molecule has 4 nitrogen and oxygen atoms in total. The van der Waals surface area contributed by atoms with Gasteiger partial charge in [0.25, 0.3) is 0 Å². The van der Waals surface area contributed by atoms with Crippen molar-refractivity contribution in [2.24, 2.45) is 5.41 Å². The number of hydrogen-bond acceptors (Lipinski definition) is 3. The van der Waals surface area contributed by atoms with Gasteiger partial charge >= 0.3 is 0 Å². The van der Waals surface area contributed by atoms with Gasteiger partial charge in [-0.15, -0.1) is 0 Å². The molecule has 1 amide bonds. The average molecular weight is 425 g/mol. The van der Waals surface area contributed by atoms with Crippen LogP contribution in [0, 0.1) is 11.2 Å². The number of likely N-dealkylation sites (tertiary alicyclic amines) is 1. The van der Waals surface area contributed by atoms with Crippen molar-refractivity contribution < 1.29 is 13.9 Å². The lowest BCUT2D eigenvalue weighted by Gasteiger charge is -2.36. The fourth-order valence-electron chi connectivity index (χ4n) is 5.05. The van der Waals surface area contributed by atoms with E-state index in [0.717, 1.165) is 12.1 Å². The summed E-state index contributed by atoms with van der Waals surface area (Å²) in [6.07, 6.45) is 4.58. The Bertz CT molecular complexity index is 894. The lowest BCUT2D eigenvalue weighted by atomic mass is 9.74. The van der Waals surface area contributed by atoms with Crippen LogP contribution < -0.4 is 5.32 Å². The maximum absolute atomic E-state index is 13.5. The summed E-state index contributed by atoms with van der Waals surface area (Å²) in [6, 6.07) is 15.2. The topological polar surface area (TPSA) is 41.6 Å². The summed E-state index contributed by atoms with van der Waals surface area (Å²) in [5.41, 5.74) is 2.90. The third kappa shape index (κ3) is 5.52. The van der Waals surface area contributed by atoms with E-state index in [0.29, 0.717) is 44.9 Å². The number of amides is 1. The van der Waals surface area contributed by atoms with Gasteiger partial charge in [-0.25, -0.2) is 4.39 Å². The molecule has 0 spiro atoms. The van der Waals surface area contributed by atoms with E-state index in [1.165, 1.54) is 42.6 Å². The fraction of sp³-hybridized carbons (Fsp3) is 0.500. The van der Waals surface area contributed by atoms with Crippen LogP contribution in [0.4, 0.5) is 4.39 Å². The van der Waals surface area contributed by atoms with Crippen molar-refractivity contribution in [3.63, 3.8) is 0 Å². The minimum Gasteiger partial charge on any atom is -0.381 e. The first kappa shape index (κ1) is 22.0. The van der Waals surface area contributed by atoms with Gasteiger partial charge in [0.2, 0.25) is 5.91 Å². The van der Waals surface area contributed by atoms with Crippen molar-refractivity contribution in [2.45, 2.75) is 44.6 Å². The van der Waals surface area contributed by atoms with E-state index in [1.807, 2.05) is 6.07 Å². The third-order valence-corrected chi connectivity index (χ3v) is 6.86. The summed E-state index contributed by atoms with van der Waals surface area (Å²) in [7, 11) is 2.19. The molecule has 2 aliphatic rings. The van der Waals surface area contributed by atoms with Gasteiger partial charge in [0, 0.05) is 26.3 Å². The van der Waals surface area contributed by atoms with Crippen LogP contribution in [0.15, 0.2) is 48.5 Å². The van der Waals surface area contributed by atoms with Crippen molar-refractivity contribution in [2.75, 3.05) is 33.4 Å². The number of nitrogens with one attached hydrogen (secondary N) is 1. The van der Waals surface area contributed by atoms with Gasteiger partial charge in [-0.05, 0) is 80.4 Å². The molecule has 2 heterocycles. The number of rotatable bonds is 6. The van der Waals surface area contributed by atoms with Gasteiger partial charge in [0.05, 0.1) is 5.41 Å². The predicted octanol–water partition coefficient (Wildman–Crippen LogP) is 4.29. The number of carbonyl (C=O) groups excluding carboxylic acids is 1. The molecule has 31 heavy (non-hydrogen) atoms. The Morgan fingerprint density at radius 1 is 1.16 bits per heavy atom. The van der Waals surface area contributed by atoms with Crippen molar-refractivity contribution in [1.82, 2.24) is 10.2 Å². The molecule has 2 saturated heterocycles. The van der Waals surface area contributed by atoms with E-state index in [1.54, 1.807) is 6.07 Å². The summed E-state index contributed by atoms with van der Waals surface area (Å²) >= 11 is 0. The molecule has 0 radical (unpaired) electrons. The molecule has 2 aromatic rings. The first-order valence-corrected chi connectivity index (χ1v) is 11.4. The molecule has 2 aliphatic heterocycles. The Morgan fingerprint density at radius 2 is 1.94 bits per heavy atom. The smallest absolute Gasteiger partial charge is 0.226 e. The van der Waals surface area contributed by atoms with Gasteiger partial charge < -0.3 is 15.0 Å². The largest absolute Gasteiger partial charge is 0.381 e. The molecular formula is C26H33FN2O2. The first-order valence-electron chi connectivity index (χ1n) is 11.4. The Morgan fingerprint density at radius 3 is 2.71 bits per heavy atom. The lowest BCUT2D eigenvalue weighted by Crippen LogP contribution is -2.46. The zero-order valence-electron chi connectivity index (χ0n) is 18.4. The van der Waals surface area contributed by atoms with E-state index in [-0.39, 0.29) is 11.7 Å². The minimum absolute atomic E-state index is 0.0443. The summed E-state index contributed by atoms with van der Waals surface area (Å²) in [5, 5.41) is 3.07. The maximum Gasteiger partial charge on any atom is 0.226 e. The van der Waals surface area contributed by atoms with Gasteiger partial charge in [-0.3, -0.25) is 4.79 Å². The summed E-state index contributed by atoms with van der Waals surface area (Å²) < 4.78 is 19.1. The van der Waals surface area contributed by atoms with Crippen LogP contribution in [-0.4, -0.2) is 44.2 Å². The predicted molar refractivity (Wildman–Crippen MR) is 120 cm³/mol. The lowest BCUT2D eigenvalue weighted by molar-refractivity contribution is -0.136. The Kier molecular flexibility index (Phi) is 7.03. The molecule has 1 N–H and O–H groups in total. The van der Waals surface area contributed by atoms with Crippen molar-refractivity contribution in [3.8, 4) is 0 Å². The molecule has 0 saturated carbocycles. The highest BCUT2D eigenvalue weighted by Gasteiger charge is 2.40. The van der Waals surface area contributed by atoms with Crippen LogP contribution in [-0.2, 0) is 22.5 Å². The number of benzene rings is 2. The number of carbonyl (C=O) groups is 1. The molecule has 0 aromatic heterocycles. The quantitative estimate of drug-likeness (QED) is 0.752. The van der Waals surface area contributed by atoms with Crippen molar-refractivity contribution in [3.05, 3.63) is 71.0 Å². The maximum atomic E-state index is 13.5. The zero-order chi connectivity index (χ0) is 21.7. The summed E-state index contributed by atoms with van der Waals surface area (Å²) in [6.45, 7) is 3.80. The molecule has 0 bridgehead atoms. The van der Waals surface area contributed by atoms with E-state index in [2.05, 4.69) is 41.5 Å². The highest BCUT2D eigenvalue weighted by Crippen LogP contribution is 2.36.